The second kappa shape index (κ2) is 12.8. The summed E-state index contributed by atoms with van der Waals surface area (Å²) in [5.74, 6) is -1.45. The molecule has 2 aromatic rings. The lowest BCUT2D eigenvalue weighted by Crippen LogP contribution is -2.38. The molecule has 0 aliphatic heterocycles. The average molecular weight is 537 g/mol. The Labute approximate surface area is 223 Å². The Morgan fingerprint density at radius 2 is 1.53 bits per heavy atom. The Kier molecular flexibility index (Phi) is 9.74. The molecule has 1 atom stereocenters. The first-order chi connectivity index (χ1) is 18.2. The number of hydrogen-bond acceptors (Lipinski definition) is 3. The molecule has 2 saturated carbocycles. The molecule has 7 heteroatoms. The van der Waals surface area contributed by atoms with E-state index < -0.39 is 29.4 Å². The van der Waals surface area contributed by atoms with Crippen LogP contribution in [0.5, 0.6) is 5.75 Å². The fourth-order valence-corrected chi connectivity index (χ4v) is 6.37. The summed E-state index contributed by atoms with van der Waals surface area (Å²) >= 11 is 0. The first kappa shape index (κ1) is 28.9. The van der Waals surface area contributed by atoms with E-state index in [1.165, 1.54) is 12.8 Å². The van der Waals surface area contributed by atoms with Crippen LogP contribution >= 0.6 is 0 Å². The molecule has 0 aromatic heterocycles. The molecule has 1 unspecified atom stereocenters. The van der Waals surface area contributed by atoms with Gasteiger partial charge in [0.25, 0.3) is 0 Å². The minimum absolute atomic E-state index is 0.256. The fraction of sp³-hybridized carbons (Fsp3) is 0.613. The number of aliphatic hydroxyl groups excluding tert-OH is 1. The lowest BCUT2D eigenvalue weighted by molar-refractivity contribution is -0.224. The maximum atomic E-state index is 15.1. The molecule has 0 bridgehead atoms. The van der Waals surface area contributed by atoms with Crippen molar-refractivity contribution in [3.05, 3.63) is 53.6 Å². The van der Waals surface area contributed by atoms with Crippen molar-refractivity contribution >= 4 is 0 Å². The lowest BCUT2D eigenvalue weighted by atomic mass is 9.71. The molecule has 210 valence electrons. The van der Waals surface area contributed by atoms with Gasteiger partial charge in [0.15, 0.2) is 0 Å². The van der Waals surface area contributed by atoms with Gasteiger partial charge >= 0.3 is 6.11 Å². The van der Waals surface area contributed by atoms with Crippen LogP contribution in [0, 0.1) is 48.1 Å². The zero-order valence-corrected chi connectivity index (χ0v) is 22.4. The number of aliphatic hydroxyl groups is 1. The van der Waals surface area contributed by atoms with Gasteiger partial charge in [-0.2, -0.15) is 8.78 Å². The van der Waals surface area contributed by atoms with Gasteiger partial charge in [-0.1, -0.05) is 49.6 Å². The van der Waals surface area contributed by atoms with Gasteiger partial charge in [-0.15, -0.1) is 0 Å². The Morgan fingerprint density at radius 1 is 0.921 bits per heavy atom. The summed E-state index contributed by atoms with van der Waals surface area (Å²) in [7, 11) is 0. The smallest absolute Gasteiger partial charge is 0.400 e. The van der Waals surface area contributed by atoms with Crippen LogP contribution in [0.3, 0.4) is 0 Å². The van der Waals surface area contributed by atoms with Gasteiger partial charge in [-0.05, 0) is 81.1 Å². The molecule has 4 rings (SSSR count). The third kappa shape index (κ3) is 7.29. The van der Waals surface area contributed by atoms with Gasteiger partial charge in [0.2, 0.25) is 0 Å². The molecule has 3 nitrogen and oxygen atoms in total. The van der Waals surface area contributed by atoms with Gasteiger partial charge in [-0.25, -0.2) is 8.78 Å². The number of benzene rings is 2. The Morgan fingerprint density at radius 3 is 2.11 bits per heavy atom. The highest BCUT2D eigenvalue weighted by molar-refractivity contribution is 5.66. The molecule has 2 aromatic carbocycles. The molecule has 2 aliphatic carbocycles. The molecular weight excluding hydrogens is 496 g/mol. The number of hydrogen-bond donors (Lipinski definition) is 1. The molecule has 1 N–H and O–H groups in total. The van der Waals surface area contributed by atoms with E-state index in [0.29, 0.717) is 55.6 Å². The number of halogens is 4. The van der Waals surface area contributed by atoms with Gasteiger partial charge in [0.1, 0.15) is 24.2 Å². The topological polar surface area (TPSA) is 38.7 Å². The number of rotatable bonds is 10. The zero-order chi connectivity index (χ0) is 27.3. The molecule has 0 radical (unpaired) electrons. The third-order valence-electron chi connectivity index (χ3n) is 8.72. The number of aryl methyl sites for hydroxylation is 1. The van der Waals surface area contributed by atoms with Crippen LogP contribution in [-0.4, -0.2) is 24.6 Å². The molecule has 38 heavy (non-hydrogen) atoms. The summed E-state index contributed by atoms with van der Waals surface area (Å²) in [5, 5.41) is 9.16. The summed E-state index contributed by atoms with van der Waals surface area (Å²) in [5.41, 5.74) is 1.03. The fourth-order valence-electron chi connectivity index (χ4n) is 6.37. The highest BCUT2D eigenvalue weighted by atomic mass is 19.3. The van der Waals surface area contributed by atoms with E-state index in [1.807, 2.05) is 6.92 Å². The molecule has 2 aliphatic rings. The van der Waals surface area contributed by atoms with E-state index in [1.54, 1.807) is 24.3 Å². The highest BCUT2D eigenvalue weighted by Gasteiger charge is 2.44. The minimum atomic E-state index is -3.52. The lowest BCUT2D eigenvalue weighted by Gasteiger charge is -2.37. The largest absolute Gasteiger partial charge is 0.432 e. The summed E-state index contributed by atoms with van der Waals surface area (Å²) in [6.07, 6.45) is 3.97. The van der Waals surface area contributed by atoms with E-state index in [2.05, 4.69) is 6.92 Å². The molecule has 2 fully saturated rings. The predicted octanol–water partition coefficient (Wildman–Crippen LogP) is 8.52. The normalized spacial score (nSPS) is 25.2. The molecular formula is C31H40F4O3. The number of alkyl halides is 2. The van der Waals surface area contributed by atoms with E-state index in [4.69, 9.17) is 14.6 Å². The summed E-state index contributed by atoms with van der Waals surface area (Å²) < 4.78 is 70.0. The molecule has 0 saturated heterocycles. The maximum absolute atomic E-state index is 15.1. The van der Waals surface area contributed by atoms with Gasteiger partial charge in [0, 0.05) is 12.1 Å². The van der Waals surface area contributed by atoms with Crippen molar-refractivity contribution in [1.82, 2.24) is 0 Å². The summed E-state index contributed by atoms with van der Waals surface area (Å²) in [6, 6.07) is 8.35. The van der Waals surface area contributed by atoms with Gasteiger partial charge in [0.05, 0.1) is 18.1 Å². The molecule has 0 spiro atoms. The quantitative estimate of drug-likeness (QED) is 0.244. The zero-order valence-electron chi connectivity index (χ0n) is 22.4. The third-order valence-corrected chi connectivity index (χ3v) is 8.72. The summed E-state index contributed by atoms with van der Waals surface area (Å²) in [4.78, 5) is 0. The monoisotopic (exact) mass is 536 g/mol. The van der Waals surface area contributed by atoms with Crippen molar-refractivity contribution in [1.29, 1.82) is 0 Å². The Hall–Kier alpha value is -2.12. The standard InChI is InChI=1S/C31H40F4O3/c1-20-3-9-23(10-4-20)25(18-37-19-36)15-22-7-13-26(14-8-22)31(34,35)38-27-16-28(32)30(29(33)17-27)24-11-5-21(2)6-12-24/h5-6,11-12,16-17,20,22-23,25-26,36H,3-4,7-10,13-15,18-19H2,1-2H3. The van der Waals surface area contributed by atoms with Crippen LogP contribution in [0.1, 0.15) is 70.3 Å². The Balaban J connectivity index is 1.35. The van der Waals surface area contributed by atoms with Crippen LogP contribution in [0.4, 0.5) is 17.6 Å². The van der Waals surface area contributed by atoms with Crippen LogP contribution in [-0.2, 0) is 4.74 Å². The Bertz CT molecular complexity index is 1000. The highest BCUT2D eigenvalue weighted by Crippen LogP contribution is 2.44. The van der Waals surface area contributed by atoms with Crippen molar-refractivity contribution in [3.63, 3.8) is 0 Å². The number of ether oxygens (including phenoxy) is 2. The second-order valence-electron chi connectivity index (χ2n) is 11.5. The molecule has 0 amide bonds. The van der Waals surface area contributed by atoms with Crippen LogP contribution in [0.15, 0.2) is 36.4 Å². The van der Waals surface area contributed by atoms with Crippen molar-refractivity contribution in [2.75, 3.05) is 13.4 Å². The second-order valence-corrected chi connectivity index (χ2v) is 11.5. The van der Waals surface area contributed by atoms with E-state index in [-0.39, 0.29) is 12.4 Å². The van der Waals surface area contributed by atoms with Crippen molar-refractivity contribution < 1.29 is 32.1 Å². The molecule has 0 heterocycles. The first-order valence-electron chi connectivity index (χ1n) is 14.0. The van der Waals surface area contributed by atoms with Crippen LogP contribution < -0.4 is 4.74 Å². The van der Waals surface area contributed by atoms with Crippen molar-refractivity contribution in [2.45, 2.75) is 77.7 Å². The predicted molar refractivity (Wildman–Crippen MR) is 140 cm³/mol. The van der Waals surface area contributed by atoms with Gasteiger partial charge in [-0.3, -0.25) is 0 Å². The van der Waals surface area contributed by atoms with E-state index in [0.717, 1.165) is 42.9 Å². The van der Waals surface area contributed by atoms with Crippen LogP contribution in [0.2, 0.25) is 0 Å². The van der Waals surface area contributed by atoms with Crippen LogP contribution in [0.25, 0.3) is 11.1 Å². The SMILES string of the molecule is Cc1ccc(-c2c(F)cc(OC(F)(F)C3CCC(CC(COCO)C4CCC(C)CC4)CC3)cc2F)cc1. The van der Waals surface area contributed by atoms with Crippen molar-refractivity contribution in [3.8, 4) is 16.9 Å². The van der Waals surface area contributed by atoms with E-state index >= 15 is 8.78 Å². The average Bonchev–Trinajstić information content (AvgIpc) is 2.88. The maximum Gasteiger partial charge on any atom is 0.400 e. The van der Waals surface area contributed by atoms with Gasteiger partial charge < -0.3 is 14.6 Å². The minimum Gasteiger partial charge on any atom is -0.432 e. The van der Waals surface area contributed by atoms with Crippen molar-refractivity contribution in [2.24, 2.45) is 29.6 Å². The van der Waals surface area contributed by atoms with E-state index in [9.17, 15) is 8.78 Å². The first-order valence-corrected chi connectivity index (χ1v) is 14.0. The summed E-state index contributed by atoms with van der Waals surface area (Å²) in [6.45, 7) is 4.35.